The molecule has 1 atom stereocenters. The maximum atomic E-state index is 11.2. The number of ketones is 1. The van der Waals surface area contributed by atoms with E-state index >= 15 is 0 Å². The molecule has 0 heterocycles. The lowest BCUT2D eigenvalue weighted by Gasteiger charge is -2.31. The zero-order chi connectivity index (χ0) is 13.8. The van der Waals surface area contributed by atoms with Crippen molar-refractivity contribution in [3.05, 3.63) is 35.9 Å². The third-order valence-electron chi connectivity index (χ3n) is 3.15. The lowest BCUT2D eigenvalue weighted by molar-refractivity contribution is -0.149. The van der Waals surface area contributed by atoms with Gasteiger partial charge in [-0.1, -0.05) is 51.1 Å². The number of carboxylic acid groups (broad SMARTS) is 1. The van der Waals surface area contributed by atoms with Gasteiger partial charge in [0.05, 0.1) is 0 Å². The number of Topliss-reactive ketones (excluding diaryl/α,β-unsaturated/α-hetero) is 1. The molecule has 0 aliphatic carbocycles. The molecule has 0 aliphatic heterocycles. The van der Waals surface area contributed by atoms with Crippen LogP contribution in [0.2, 0.25) is 0 Å². The van der Waals surface area contributed by atoms with Crippen LogP contribution < -0.4 is 0 Å². The van der Waals surface area contributed by atoms with Gasteiger partial charge >= 0.3 is 5.97 Å². The van der Waals surface area contributed by atoms with E-state index in [0.29, 0.717) is 6.42 Å². The zero-order valence-corrected chi connectivity index (χ0v) is 11.1. The number of aliphatic carboxylic acids is 1. The minimum Gasteiger partial charge on any atom is -0.476 e. The summed E-state index contributed by atoms with van der Waals surface area (Å²) in [5.74, 6) is -1.86. The first-order valence-electron chi connectivity index (χ1n) is 6.13. The molecule has 0 saturated carbocycles. The van der Waals surface area contributed by atoms with Gasteiger partial charge in [-0.2, -0.15) is 0 Å². The molecule has 0 spiro atoms. The highest BCUT2D eigenvalue weighted by atomic mass is 16.4. The predicted molar refractivity (Wildman–Crippen MR) is 70.5 cm³/mol. The molecule has 0 bridgehead atoms. The topological polar surface area (TPSA) is 54.4 Å². The van der Waals surface area contributed by atoms with E-state index < -0.39 is 11.8 Å². The second-order valence-corrected chi connectivity index (χ2v) is 5.60. The van der Waals surface area contributed by atoms with Crippen molar-refractivity contribution in [1.82, 2.24) is 0 Å². The molecule has 0 aromatic heterocycles. The van der Waals surface area contributed by atoms with E-state index in [-0.39, 0.29) is 17.8 Å². The van der Waals surface area contributed by atoms with Gasteiger partial charge < -0.3 is 5.11 Å². The Hall–Kier alpha value is -1.64. The standard InChI is InChI=1S/C15H20O3/c1-15(2,3)12(9-10-13(16)14(17)18)11-7-5-4-6-8-11/h4-8,12H,9-10H2,1-3H3,(H,17,18). The van der Waals surface area contributed by atoms with Gasteiger partial charge in [-0.15, -0.1) is 0 Å². The number of carboxylic acids is 1. The molecule has 98 valence electrons. The zero-order valence-electron chi connectivity index (χ0n) is 11.1. The van der Waals surface area contributed by atoms with Gasteiger partial charge in [-0.25, -0.2) is 4.79 Å². The summed E-state index contributed by atoms with van der Waals surface area (Å²) in [6.07, 6.45) is 0.658. The van der Waals surface area contributed by atoms with E-state index in [4.69, 9.17) is 5.11 Å². The van der Waals surface area contributed by atoms with E-state index in [0.717, 1.165) is 5.56 Å². The average molecular weight is 248 g/mol. The quantitative estimate of drug-likeness (QED) is 0.814. The summed E-state index contributed by atoms with van der Waals surface area (Å²) in [5.41, 5.74) is 1.16. The van der Waals surface area contributed by atoms with Gasteiger partial charge in [0.1, 0.15) is 0 Å². The van der Waals surface area contributed by atoms with Crippen LogP contribution in [0.5, 0.6) is 0 Å². The predicted octanol–water partition coefficient (Wildman–Crippen LogP) is 3.25. The Balaban J connectivity index is 2.82. The fourth-order valence-corrected chi connectivity index (χ4v) is 2.17. The Morgan fingerprint density at radius 1 is 1.17 bits per heavy atom. The Kier molecular flexibility index (Phi) is 4.65. The van der Waals surface area contributed by atoms with E-state index in [9.17, 15) is 9.59 Å². The maximum Gasteiger partial charge on any atom is 0.372 e. The van der Waals surface area contributed by atoms with Crippen molar-refractivity contribution < 1.29 is 14.7 Å². The van der Waals surface area contributed by atoms with Crippen molar-refractivity contribution in [3.8, 4) is 0 Å². The van der Waals surface area contributed by atoms with Crippen LogP contribution >= 0.6 is 0 Å². The number of hydrogen-bond donors (Lipinski definition) is 1. The van der Waals surface area contributed by atoms with Crippen molar-refractivity contribution in [2.24, 2.45) is 5.41 Å². The summed E-state index contributed by atoms with van der Waals surface area (Å²) in [7, 11) is 0. The van der Waals surface area contributed by atoms with Crippen LogP contribution in [0.25, 0.3) is 0 Å². The summed E-state index contributed by atoms with van der Waals surface area (Å²) < 4.78 is 0. The second-order valence-electron chi connectivity index (χ2n) is 5.60. The molecule has 1 N–H and O–H groups in total. The van der Waals surface area contributed by atoms with E-state index in [1.165, 1.54) is 0 Å². The Bertz CT molecular complexity index is 415. The van der Waals surface area contributed by atoms with Crippen molar-refractivity contribution in [2.45, 2.75) is 39.5 Å². The Labute approximate surface area is 108 Å². The van der Waals surface area contributed by atoms with Crippen LogP contribution in [0.15, 0.2) is 30.3 Å². The molecule has 1 unspecified atom stereocenters. The van der Waals surface area contributed by atoms with Crippen LogP contribution in [0.3, 0.4) is 0 Å². The van der Waals surface area contributed by atoms with Crippen LogP contribution in [0.1, 0.15) is 45.1 Å². The van der Waals surface area contributed by atoms with Gasteiger partial charge in [-0.3, -0.25) is 4.79 Å². The summed E-state index contributed by atoms with van der Waals surface area (Å²) in [4.78, 5) is 21.8. The first-order valence-corrected chi connectivity index (χ1v) is 6.13. The van der Waals surface area contributed by atoms with E-state index in [2.05, 4.69) is 20.8 Å². The molecule has 0 radical (unpaired) electrons. The van der Waals surface area contributed by atoms with Crippen LogP contribution in [0.4, 0.5) is 0 Å². The van der Waals surface area contributed by atoms with Crippen LogP contribution in [-0.4, -0.2) is 16.9 Å². The Morgan fingerprint density at radius 3 is 2.17 bits per heavy atom. The van der Waals surface area contributed by atoms with Gasteiger partial charge in [0.25, 0.3) is 0 Å². The summed E-state index contributed by atoms with van der Waals surface area (Å²) in [5, 5.41) is 8.62. The number of rotatable bonds is 5. The van der Waals surface area contributed by atoms with Gasteiger partial charge in [-0.05, 0) is 23.3 Å². The van der Waals surface area contributed by atoms with Crippen molar-refractivity contribution in [2.75, 3.05) is 0 Å². The smallest absolute Gasteiger partial charge is 0.372 e. The molecular weight excluding hydrogens is 228 g/mol. The van der Waals surface area contributed by atoms with Crippen LogP contribution in [-0.2, 0) is 9.59 Å². The first kappa shape index (κ1) is 14.4. The average Bonchev–Trinajstić information content (AvgIpc) is 2.28. The third-order valence-corrected chi connectivity index (χ3v) is 3.15. The third kappa shape index (κ3) is 3.99. The van der Waals surface area contributed by atoms with Gasteiger partial charge in [0.2, 0.25) is 5.78 Å². The summed E-state index contributed by atoms with van der Waals surface area (Å²) in [6.45, 7) is 6.32. The maximum absolute atomic E-state index is 11.2. The molecule has 3 heteroatoms. The largest absolute Gasteiger partial charge is 0.476 e. The molecular formula is C15H20O3. The van der Waals surface area contributed by atoms with Crippen molar-refractivity contribution >= 4 is 11.8 Å². The van der Waals surface area contributed by atoms with Crippen molar-refractivity contribution in [1.29, 1.82) is 0 Å². The molecule has 0 fully saturated rings. The van der Waals surface area contributed by atoms with Gasteiger partial charge in [0.15, 0.2) is 0 Å². The SMILES string of the molecule is CC(C)(C)C(CCC(=O)C(=O)O)c1ccccc1. The highest BCUT2D eigenvalue weighted by molar-refractivity contribution is 6.32. The fraction of sp³-hybridized carbons (Fsp3) is 0.467. The Morgan fingerprint density at radius 2 is 1.72 bits per heavy atom. The lowest BCUT2D eigenvalue weighted by Crippen LogP contribution is -2.21. The molecule has 1 aromatic carbocycles. The van der Waals surface area contributed by atoms with E-state index in [1.807, 2.05) is 30.3 Å². The molecule has 0 aliphatic rings. The highest BCUT2D eigenvalue weighted by Gasteiger charge is 2.27. The second kappa shape index (κ2) is 5.80. The summed E-state index contributed by atoms with van der Waals surface area (Å²) >= 11 is 0. The molecule has 0 saturated heterocycles. The fourth-order valence-electron chi connectivity index (χ4n) is 2.17. The highest BCUT2D eigenvalue weighted by Crippen LogP contribution is 2.38. The molecule has 1 rings (SSSR count). The lowest BCUT2D eigenvalue weighted by atomic mass is 9.74. The molecule has 3 nitrogen and oxygen atoms in total. The minimum absolute atomic E-state index is 0.000136. The number of hydrogen-bond acceptors (Lipinski definition) is 2. The monoisotopic (exact) mass is 248 g/mol. The summed E-state index contributed by atoms with van der Waals surface area (Å²) in [6, 6.07) is 9.94. The molecule has 18 heavy (non-hydrogen) atoms. The number of carbonyl (C=O) groups excluding carboxylic acids is 1. The normalized spacial score (nSPS) is 13.1. The van der Waals surface area contributed by atoms with E-state index in [1.54, 1.807) is 0 Å². The molecule has 0 amide bonds. The molecule has 1 aromatic rings. The minimum atomic E-state index is -1.34. The van der Waals surface area contributed by atoms with Crippen LogP contribution in [0, 0.1) is 5.41 Å². The van der Waals surface area contributed by atoms with Gasteiger partial charge in [0, 0.05) is 6.42 Å². The number of benzene rings is 1. The van der Waals surface area contributed by atoms with Crippen molar-refractivity contribution in [3.63, 3.8) is 0 Å². The first-order chi connectivity index (χ1) is 8.32. The number of carbonyl (C=O) groups is 2.